The van der Waals surface area contributed by atoms with Gasteiger partial charge in [0.25, 0.3) is 0 Å². The van der Waals surface area contributed by atoms with E-state index in [1.807, 2.05) is 32.9 Å². The summed E-state index contributed by atoms with van der Waals surface area (Å²) in [4.78, 5) is 25.2. The zero-order valence-electron chi connectivity index (χ0n) is 11.0. The molecule has 0 fully saturated rings. The molecule has 0 aliphatic carbocycles. The van der Waals surface area contributed by atoms with Crippen molar-refractivity contribution in [2.24, 2.45) is 0 Å². The summed E-state index contributed by atoms with van der Waals surface area (Å²) in [6.45, 7) is 5.12. The Balaban J connectivity index is 2.83. The van der Waals surface area contributed by atoms with Crippen molar-refractivity contribution in [3.05, 3.63) is 26.9 Å². The number of halogens is 1. The van der Waals surface area contributed by atoms with E-state index in [0.717, 1.165) is 8.66 Å². The van der Waals surface area contributed by atoms with E-state index in [4.69, 9.17) is 5.11 Å². The average Bonchev–Trinajstić information content (AvgIpc) is 2.67. The Hall–Kier alpha value is -1.14. The van der Waals surface area contributed by atoms with E-state index in [9.17, 15) is 9.59 Å². The molecule has 0 aliphatic heterocycles. The van der Waals surface area contributed by atoms with E-state index in [2.05, 4.69) is 15.9 Å². The molecule has 6 heteroatoms. The van der Waals surface area contributed by atoms with Crippen LogP contribution in [-0.2, 0) is 9.59 Å². The van der Waals surface area contributed by atoms with Crippen LogP contribution < -0.4 is 0 Å². The minimum atomic E-state index is -1.02. The van der Waals surface area contributed by atoms with Crippen molar-refractivity contribution in [2.45, 2.75) is 26.3 Å². The van der Waals surface area contributed by atoms with E-state index in [-0.39, 0.29) is 12.5 Å². The van der Waals surface area contributed by atoms with Crippen LogP contribution >= 0.6 is 27.3 Å². The molecule has 104 valence electrons. The van der Waals surface area contributed by atoms with Crippen molar-refractivity contribution < 1.29 is 14.7 Å². The van der Waals surface area contributed by atoms with Crippen LogP contribution in [0.2, 0.25) is 0 Å². The second kappa shape index (κ2) is 6.34. The SMILES string of the molecule is CC(C)(C)N(CC(=O)O)C(=O)C=Cc1ccc(Br)s1. The van der Waals surface area contributed by atoms with Crippen LogP contribution in [0.15, 0.2) is 22.0 Å². The molecule has 4 nitrogen and oxygen atoms in total. The predicted molar refractivity (Wildman–Crippen MR) is 80.2 cm³/mol. The van der Waals surface area contributed by atoms with Crippen molar-refractivity contribution in [3.63, 3.8) is 0 Å². The molecule has 0 aliphatic rings. The molecule has 0 atom stereocenters. The highest BCUT2D eigenvalue weighted by atomic mass is 79.9. The van der Waals surface area contributed by atoms with Gasteiger partial charge < -0.3 is 10.0 Å². The minimum absolute atomic E-state index is 0.305. The fourth-order valence-corrected chi connectivity index (χ4v) is 2.77. The normalized spacial score (nSPS) is 11.8. The van der Waals surface area contributed by atoms with E-state index in [1.165, 1.54) is 22.3 Å². The lowest BCUT2D eigenvalue weighted by atomic mass is 10.1. The summed E-state index contributed by atoms with van der Waals surface area (Å²) >= 11 is 4.85. The molecule has 0 unspecified atom stereocenters. The molecule has 1 aromatic rings. The van der Waals surface area contributed by atoms with Gasteiger partial charge in [-0.25, -0.2) is 0 Å². The van der Waals surface area contributed by atoms with Gasteiger partial charge in [-0.1, -0.05) is 0 Å². The predicted octanol–water partition coefficient (Wildman–Crippen LogP) is 3.24. The number of nitrogens with zero attached hydrogens (tertiary/aromatic N) is 1. The first-order valence-corrected chi connectivity index (χ1v) is 7.28. The molecular formula is C13H16BrNO3S. The highest BCUT2D eigenvalue weighted by Crippen LogP contribution is 2.23. The van der Waals surface area contributed by atoms with Gasteiger partial charge in [0, 0.05) is 16.5 Å². The molecule has 1 rings (SSSR count). The first kappa shape index (κ1) is 15.9. The Labute approximate surface area is 124 Å². The number of hydrogen-bond donors (Lipinski definition) is 1. The number of carbonyl (C=O) groups is 2. The van der Waals surface area contributed by atoms with Crippen LogP contribution in [0.1, 0.15) is 25.6 Å². The molecule has 1 aromatic heterocycles. The molecule has 0 aromatic carbocycles. The topological polar surface area (TPSA) is 57.6 Å². The van der Waals surface area contributed by atoms with Gasteiger partial charge >= 0.3 is 5.97 Å². The second-order valence-electron chi connectivity index (χ2n) is 4.96. The quantitative estimate of drug-likeness (QED) is 0.852. The van der Waals surface area contributed by atoms with Gasteiger partial charge in [-0.05, 0) is 54.9 Å². The maximum atomic E-state index is 12.1. The Kier molecular flexibility index (Phi) is 5.31. The molecule has 1 N–H and O–H groups in total. The number of thiophene rings is 1. The van der Waals surface area contributed by atoms with Gasteiger partial charge in [0.2, 0.25) is 5.91 Å². The van der Waals surface area contributed by atoms with Crippen LogP contribution in [-0.4, -0.2) is 34.0 Å². The lowest BCUT2D eigenvalue weighted by Gasteiger charge is -2.33. The number of carboxylic acids is 1. The second-order valence-corrected chi connectivity index (χ2v) is 7.46. The Morgan fingerprint density at radius 1 is 1.42 bits per heavy atom. The van der Waals surface area contributed by atoms with E-state index in [1.54, 1.807) is 6.08 Å². The first-order valence-electron chi connectivity index (χ1n) is 5.67. The number of carboxylic acid groups (broad SMARTS) is 1. The van der Waals surface area contributed by atoms with E-state index < -0.39 is 11.5 Å². The van der Waals surface area contributed by atoms with Crippen molar-refractivity contribution in [2.75, 3.05) is 6.54 Å². The van der Waals surface area contributed by atoms with E-state index in [0.29, 0.717) is 0 Å². The standard InChI is InChI=1S/C13H16BrNO3S/c1-13(2,3)15(8-12(17)18)11(16)7-5-9-4-6-10(14)19-9/h4-7H,8H2,1-3H3,(H,17,18). The highest BCUT2D eigenvalue weighted by Gasteiger charge is 2.26. The average molecular weight is 346 g/mol. The summed E-state index contributed by atoms with van der Waals surface area (Å²) in [5, 5.41) is 8.86. The smallest absolute Gasteiger partial charge is 0.323 e. The molecule has 0 radical (unpaired) electrons. The number of hydrogen-bond acceptors (Lipinski definition) is 3. The third kappa shape index (κ3) is 5.16. The molecule has 0 saturated carbocycles. The minimum Gasteiger partial charge on any atom is -0.480 e. The molecule has 1 amide bonds. The lowest BCUT2D eigenvalue weighted by molar-refractivity contribution is -0.145. The summed E-state index contributed by atoms with van der Waals surface area (Å²) in [5.41, 5.74) is -0.532. The molecule has 19 heavy (non-hydrogen) atoms. The van der Waals surface area contributed by atoms with Crippen molar-refractivity contribution in [3.8, 4) is 0 Å². The summed E-state index contributed by atoms with van der Waals surface area (Å²) in [7, 11) is 0. The number of carbonyl (C=O) groups excluding carboxylic acids is 1. The summed E-state index contributed by atoms with van der Waals surface area (Å²) in [5.74, 6) is -1.32. The summed E-state index contributed by atoms with van der Waals surface area (Å²) in [6.07, 6.45) is 3.10. The first-order chi connectivity index (χ1) is 8.70. The van der Waals surface area contributed by atoms with Gasteiger partial charge in [0.1, 0.15) is 6.54 Å². The molecule has 0 bridgehead atoms. The summed E-state index contributed by atoms with van der Waals surface area (Å²) < 4.78 is 0.984. The van der Waals surface area contributed by atoms with E-state index >= 15 is 0 Å². The summed E-state index contributed by atoms with van der Waals surface area (Å²) in [6, 6.07) is 3.78. The van der Waals surface area contributed by atoms with Crippen LogP contribution in [0, 0.1) is 0 Å². The largest absolute Gasteiger partial charge is 0.480 e. The van der Waals surface area contributed by atoms with Gasteiger partial charge in [-0.15, -0.1) is 11.3 Å². The molecule has 0 spiro atoms. The maximum Gasteiger partial charge on any atom is 0.323 e. The van der Waals surface area contributed by atoms with Crippen LogP contribution in [0.5, 0.6) is 0 Å². The zero-order chi connectivity index (χ0) is 14.6. The monoisotopic (exact) mass is 345 g/mol. The lowest BCUT2D eigenvalue weighted by Crippen LogP contribution is -2.47. The molecule has 0 saturated heterocycles. The van der Waals surface area contributed by atoms with Gasteiger partial charge in [-0.3, -0.25) is 9.59 Å². The fraction of sp³-hybridized carbons (Fsp3) is 0.385. The number of aliphatic carboxylic acids is 1. The third-order valence-corrected chi connectivity index (χ3v) is 3.94. The highest BCUT2D eigenvalue weighted by molar-refractivity contribution is 9.11. The molecule has 1 heterocycles. The van der Waals surface area contributed by atoms with Crippen LogP contribution in [0.4, 0.5) is 0 Å². The Bertz CT molecular complexity index is 502. The van der Waals surface area contributed by atoms with Crippen LogP contribution in [0.25, 0.3) is 6.08 Å². The zero-order valence-corrected chi connectivity index (χ0v) is 13.4. The van der Waals surface area contributed by atoms with Gasteiger partial charge in [-0.2, -0.15) is 0 Å². The Morgan fingerprint density at radius 3 is 2.47 bits per heavy atom. The van der Waals surface area contributed by atoms with Crippen molar-refractivity contribution in [1.82, 2.24) is 4.90 Å². The maximum absolute atomic E-state index is 12.1. The van der Waals surface area contributed by atoms with Crippen molar-refractivity contribution in [1.29, 1.82) is 0 Å². The van der Waals surface area contributed by atoms with Gasteiger partial charge in [0.05, 0.1) is 3.79 Å². The number of amides is 1. The number of rotatable bonds is 4. The van der Waals surface area contributed by atoms with Gasteiger partial charge in [0.15, 0.2) is 0 Å². The Morgan fingerprint density at radius 2 is 2.05 bits per heavy atom. The molecular weight excluding hydrogens is 330 g/mol. The fourth-order valence-electron chi connectivity index (χ4n) is 1.44. The van der Waals surface area contributed by atoms with Crippen molar-refractivity contribution >= 4 is 45.2 Å². The van der Waals surface area contributed by atoms with Crippen LogP contribution in [0.3, 0.4) is 0 Å². The third-order valence-electron chi connectivity index (χ3n) is 2.35.